The van der Waals surface area contributed by atoms with Gasteiger partial charge < -0.3 is 10.8 Å². The smallest absolute Gasteiger partial charge is 0.243 e. The molecule has 0 heterocycles. The van der Waals surface area contributed by atoms with Crippen LogP contribution in [0.3, 0.4) is 0 Å². The van der Waals surface area contributed by atoms with E-state index < -0.39 is 26.3 Å². The van der Waals surface area contributed by atoms with Gasteiger partial charge in [0.05, 0.1) is 11.3 Å². The van der Waals surface area contributed by atoms with Crippen molar-refractivity contribution in [2.45, 2.75) is 37.2 Å². The Hall–Kier alpha value is -0.890. The molecule has 1 rings (SSSR count). The number of nitrogens with one attached hydrogen (secondary N) is 1. The Bertz CT molecular complexity index is 589. The first-order chi connectivity index (χ1) is 9.15. The number of benzene rings is 1. The molecule has 5 nitrogen and oxygen atoms in total. The highest BCUT2D eigenvalue weighted by molar-refractivity contribution is 7.89. The number of nitrogen functional groups attached to an aromatic ring is 1. The number of rotatable bonds is 6. The van der Waals surface area contributed by atoms with Crippen molar-refractivity contribution in [2.24, 2.45) is 0 Å². The summed E-state index contributed by atoms with van der Waals surface area (Å²) in [7, 11) is -4.14. The first-order valence-corrected chi connectivity index (χ1v) is 7.98. The molecule has 0 saturated carbocycles. The molecule has 4 N–H and O–H groups in total. The highest BCUT2D eigenvalue weighted by Gasteiger charge is 2.27. The summed E-state index contributed by atoms with van der Waals surface area (Å²) in [6.45, 7) is 3.25. The van der Waals surface area contributed by atoms with Gasteiger partial charge in [-0.05, 0) is 25.0 Å². The van der Waals surface area contributed by atoms with E-state index in [2.05, 4.69) is 4.72 Å². The molecule has 1 aromatic carbocycles. The lowest BCUT2D eigenvalue weighted by Crippen LogP contribution is -2.42. The molecule has 0 atom stereocenters. The standard InChI is InChI=1S/C12H18ClFN2O3S/c1-3-12(17,4-2)7-16-20(18,19)10-6-8(13)5-9(15)11(10)14/h5-6,16-17H,3-4,7,15H2,1-2H3. The van der Waals surface area contributed by atoms with Crippen molar-refractivity contribution in [3.63, 3.8) is 0 Å². The van der Waals surface area contributed by atoms with Crippen molar-refractivity contribution in [2.75, 3.05) is 12.3 Å². The van der Waals surface area contributed by atoms with Crippen LogP contribution >= 0.6 is 11.6 Å². The van der Waals surface area contributed by atoms with Gasteiger partial charge in [0.15, 0.2) is 5.82 Å². The Morgan fingerprint density at radius 3 is 2.45 bits per heavy atom. The van der Waals surface area contributed by atoms with Crippen LogP contribution in [-0.2, 0) is 10.0 Å². The minimum atomic E-state index is -4.14. The molecule has 0 aromatic heterocycles. The fourth-order valence-electron chi connectivity index (χ4n) is 1.59. The predicted octanol–water partition coefficient (Wildman–Crippen LogP) is 1.89. The maximum atomic E-state index is 13.8. The van der Waals surface area contributed by atoms with E-state index in [-0.39, 0.29) is 17.3 Å². The van der Waals surface area contributed by atoms with E-state index in [0.717, 1.165) is 12.1 Å². The maximum absolute atomic E-state index is 13.8. The molecule has 0 unspecified atom stereocenters. The molecule has 0 saturated heterocycles. The molecule has 114 valence electrons. The highest BCUT2D eigenvalue weighted by Crippen LogP contribution is 2.25. The Labute approximate surface area is 123 Å². The summed E-state index contributed by atoms with van der Waals surface area (Å²) in [5, 5.41) is 10.1. The normalized spacial score (nSPS) is 12.7. The first-order valence-electron chi connectivity index (χ1n) is 6.11. The molecule has 8 heteroatoms. The fraction of sp³-hybridized carbons (Fsp3) is 0.500. The van der Waals surface area contributed by atoms with Crippen LogP contribution in [0, 0.1) is 5.82 Å². The topological polar surface area (TPSA) is 92.4 Å². The number of hydrogen-bond donors (Lipinski definition) is 3. The van der Waals surface area contributed by atoms with E-state index in [9.17, 15) is 17.9 Å². The van der Waals surface area contributed by atoms with E-state index in [1.54, 1.807) is 13.8 Å². The van der Waals surface area contributed by atoms with Crippen LogP contribution in [0.15, 0.2) is 17.0 Å². The van der Waals surface area contributed by atoms with Gasteiger partial charge in [0.25, 0.3) is 0 Å². The van der Waals surface area contributed by atoms with Crippen molar-refractivity contribution >= 4 is 27.3 Å². The predicted molar refractivity (Wildman–Crippen MR) is 76.5 cm³/mol. The zero-order valence-electron chi connectivity index (χ0n) is 11.3. The van der Waals surface area contributed by atoms with E-state index in [4.69, 9.17) is 17.3 Å². The van der Waals surface area contributed by atoms with Crippen molar-refractivity contribution in [3.05, 3.63) is 23.0 Å². The number of aliphatic hydroxyl groups is 1. The summed E-state index contributed by atoms with van der Waals surface area (Å²) in [6, 6.07) is 2.11. The molecular formula is C12H18ClFN2O3S. The second-order valence-corrected chi connectivity index (χ2v) is 6.73. The van der Waals surface area contributed by atoms with Gasteiger partial charge in [-0.15, -0.1) is 0 Å². The summed E-state index contributed by atoms with van der Waals surface area (Å²) in [5.74, 6) is -1.06. The summed E-state index contributed by atoms with van der Waals surface area (Å²) in [6.07, 6.45) is 0.734. The van der Waals surface area contributed by atoms with Crippen LogP contribution in [0.1, 0.15) is 26.7 Å². The van der Waals surface area contributed by atoms with Gasteiger partial charge in [0.2, 0.25) is 10.0 Å². The van der Waals surface area contributed by atoms with Gasteiger partial charge in [0, 0.05) is 11.6 Å². The molecule has 0 fully saturated rings. The SMILES string of the molecule is CCC(O)(CC)CNS(=O)(=O)c1cc(Cl)cc(N)c1F. The third-order valence-corrected chi connectivity index (χ3v) is 4.85. The van der Waals surface area contributed by atoms with Crippen LogP contribution in [-0.4, -0.2) is 25.7 Å². The molecular weight excluding hydrogens is 307 g/mol. The van der Waals surface area contributed by atoms with Crippen LogP contribution in [0.5, 0.6) is 0 Å². The monoisotopic (exact) mass is 324 g/mol. The van der Waals surface area contributed by atoms with E-state index in [1.807, 2.05) is 0 Å². The molecule has 1 aromatic rings. The lowest BCUT2D eigenvalue weighted by Gasteiger charge is -2.25. The average Bonchev–Trinajstić information content (AvgIpc) is 2.40. The number of halogens is 2. The fourth-order valence-corrected chi connectivity index (χ4v) is 3.13. The molecule has 0 radical (unpaired) electrons. The Kier molecular flexibility index (Phi) is 5.37. The molecule has 0 bridgehead atoms. The molecule has 0 aliphatic rings. The zero-order valence-corrected chi connectivity index (χ0v) is 12.9. The number of hydrogen-bond acceptors (Lipinski definition) is 4. The minimum absolute atomic E-state index is 0.0190. The van der Waals surface area contributed by atoms with Crippen molar-refractivity contribution < 1.29 is 17.9 Å². The maximum Gasteiger partial charge on any atom is 0.243 e. The Morgan fingerprint density at radius 1 is 1.40 bits per heavy atom. The number of sulfonamides is 1. The second-order valence-electron chi connectivity index (χ2n) is 4.56. The van der Waals surface area contributed by atoms with Gasteiger partial charge >= 0.3 is 0 Å². The zero-order chi connectivity index (χ0) is 15.6. The van der Waals surface area contributed by atoms with Gasteiger partial charge in [-0.25, -0.2) is 17.5 Å². The van der Waals surface area contributed by atoms with Gasteiger partial charge in [0.1, 0.15) is 4.90 Å². The largest absolute Gasteiger partial charge is 0.396 e. The van der Waals surface area contributed by atoms with E-state index in [0.29, 0.717) is 12.8 Å². The second kappa shape index (κ2) is 6.26. The van der Waals surface area contributed by atoms with Crippen LogP contribution in [0.2, 0.25) is 5.02 Å². The minimum Gasteiger partial charge on any atom is -0.396 e. The Balaban J connectivity index is 3.07. The summed E-state index contributed by atoms with van der Waals surface area (Å²) >= 11 is 5.68. The third-order valence-electron chi connectivity index (χ3n) is 3.23. The molecule has 0 amide bonds. The number of nitrogens with two attached hydrogens (primary N) is 1. The van der Waals surface area contributed by atoms with Gasteiger partial charge in [-0.3, -0.25) is 0 Å². The van der Waals surface area contributed by atoms with Crippen LogP contribution < -0.4 is 10.5 Å². The van der Waals surface area contributed by atoms with Crippen molar-refractivity contribution in [3.8, 4) is 0 Å². The first kappa shape index (κ1) is 17.2. The third kappa shape index (κ3) is 3.82. The Morgan fingerprint density at radius 2 is 1.95 bits per heavy atom. The van der Waals surface area contributed by atoms with Crippen molar-refractivity contribution in [1.29, 1.82) is 0 Å². The molecule has 20 heavy (non-hydrogen) atoms. The van der Waals surface area contributed by atoms with Gasteiger partial charge in [-0.2, -0.15) is 0 Å². The molecule has 0 spiro atoms. The van der Waals surface area contributed by atoms with Crippen LogP contribution in [0.25, 0.3) is 0 Å². The molecule has 0 aliphatic heterocycles. The average molecular weight is 325 g/mol. The number of anilines is 1. The van der Waals surface area contributed by atoms with E-state index >= 15 is 0 Å². The van der Waals surface area contributed by atoms with Gasteiger partial charge in [-0.1, -0.05) is 25.4 Å². The quantitative estimate of drug-likeness (QED) is 0.697. The van der Waals surface area contributed by atoms with Crippen molar-refractivity contribution in [1.82, 2.24) is 4.72 Å². The lowest BCUT2D eigenvalue weighted by atomic mass is 9.98. The lowest BCUT2D eigenvalue weighted by molar-refractivity contribution is 0.0377. The molecule has 0 aliphatic carbocycles. The van der Waals surface area contributed by atoms with E-state index in [1.165, 1.54) is 0 Å². The summed E-state index contributed by atoms with van der Waals surface area (Å²) in [4.78, 5) is -0.628. The highest BCUT2D eigenvalue weighted by atomic mass is 35.5. The summed E-state index contributed by atoms with van der Waals surface area (Å²) in [5.41, 5.74) is 3.83. The summed E-state index contributed by atoms with van der Waals surface area (Å²) < 4.78 is 40.1. The van der Waals surface area contributed by atoms with Crippen LogP contribution in [0.4, 0.5) is 10.1 Å².